The van der Waals surface area contributed by atoms with E-state index in [0.717, 1.165) is 19.3 Å². The fourth-order valence-electron chi connectivity index (χ4n) is 3.84. The molecule has 4 saturated heterocycles. The first-order valence-electron chi connectivity index (χ1n) is 9.53. The SMILES string of the molecule is CC1CCCCCCCOC2C(CO)OC3C(OCC1)OC3C2O. The smallest absolute Gasteiger partial charge is 0.186 e. The molecule has 6 heteroatoms. The van der Waals surface area contributed by atoms with E-state index >= 15 is 0 Å². The van der Waals surface area contributed by atoms with Gasteiger partial charge in [0.1, 0.15) is 30.5 Å². The van der Waals surface area contributed by atoms with E-state index in [1.165, 1.54) is 25.7 Å². The van der Waals surface area contributed by atoms with Crippen LogP contribution in [0.25, 0.3) is 0 Å². The summed E-state index contributed by atoms with van der Waals surface area (Å²) in [5, 5.41) is 20.1. The predicted octanol–water partition coefficient (Wildman–Crippen LogP) is 1.61. The van der Waals surface area contributed by atoms with E-state index in [2.05, 4.69) is 6.92 Å². The van der Waals surface area contributed by atoms with E-state index in [4.69, 9.17) is 18.9 Å². The minimum absolute atomic E-state index is 0.172. The molecule has 4 aliphatic heterocycles. The van der Waals surface area contributed by atoms with Crippen LogP contribution in [-0.4, -0.2) is 66.8 Å². The number of hydrogen-bond acceptors (Lipinski definition) is 6. The van der Waals surface area contributed by atoms with Gasteiger partial charge in [-0.2, -0.15) is 0 Å². The Morgan fingerprint density at radius 2 is 1.62 bits per heavy atom. The molecule has 7 unspecified atom stereocenters. The van der Waals surface area contributed by atoms with Gasteiger partial charge in [0.25, 0.3) is 0 Å². The van der Waals surface area contributed by atoms with Crippen molar-refractivity contribution < 1.29 is 29.2 Å². The van der Waals surface area contributed by atoms with Crippen LogP contribution in [-0.2, 0) is 18.9 Å². The van der Waals surface area contributed by atoms with Gasteiger partial charge < -0.3 is 29.2 Å². The molecule has 4 bridgehead atoms. The highest BCUT2D eigenvalue weighted by molar-refractivity contribution is 5.00. The van der Waals surface area contributed by atoms with Gasteiger partial charge in [0.05, 0.1) is 13.2 Å². The van der Waals surface area contributed by atoms with Gasteiger partial charge in [-0.25, -0.2) is 0 Å². The van der Waals surface area contributed by atoms with Crippen molar-refractivity contribution in [2.24, 2.45) is 5.92 Å². The molecular weight excluding hydrogens is 312 g/mol. The molecule has 0 aromatic carbocycles. The van der Waals surface area contributed by atoms with Crippen LogP contribution in [0.3, 0.4) is 0 Å². The largest absolute Gasteiger partial charge is 0.394 e. The Labute approximate surface area is 144 Å². The Morgan fingerprint density at radius 3 is 2.46 bits per heavy atom. The molecule has 0 aliphatic carbocycles. The number of aliphatic hydroxyl groups excluding tert-OH is 2. The average Bonchev–Trinajstić information content (AvgIpc) is 2.56. The Kier molecular flexibility index (Phi) is 6.89. The quantitative estimate of drug-likeness (QED) is 0.753. The molecular formula is C18H32O6. The predicted molar refractivity (Wildman–Crippen MR) is 87.6 cm³/mol. The fourth-order valence-corrected chi connectivity index (χ4v) is 3.84. The molecule has 6 nitrogen and oxygen atoms in total. The minimum Gasteiger partial charge on any atom is -0.394 e. The number of ether oxygens (including phenoxy) is 4. The number of fused-ring (bicyclic) bond motifs is 12. The van der Waals surface area contributed by atoms with E-state index in [9.17, 15) is 10.2 Å². The molecule has 140 valence electrons. The molecule has 0 aromatic rings. The van der Waals surface area contributed by atoms with Gasteiger partial charge >= 0.3 is 0 Å². The highest BCUT2D eigenvalue weighted by atomic mass is 16.8. The summed E-state index contributed by atoms with van der Waals surface area (Å²) >= 11 is 0. The molecule has 2 N–H and O–H groups in total. The van der Waals surface area contributed by atoms with Gasteiger partial charge in [0, 0.05) is 6.61 Å². The van der Waals surface area contributed by atoms with Crippen molar-refractivity contribution in [3.63, 3.8) is 0 Å². The summed E-state index contributed by atoms with van der Waals surface area (Å²) in [5.74, 6) is 0.646. The standard InChI is InChI=1S/C18H32O6/c1-12-7-5-3-2-4-6-9-21-15-13(11-19)23-17-16(14(15)20)24-18(17)22-10-8-12/h12-20H,2-11H2,1H3. The van der Waals surface area contributed by atoms with Crippen molar-refractivity contribution in [2.45, 2.75) is 88.7 Å². The Bertz CT molecular complexity index is 377. The van der Waals surface area contributed by atoms with Crippen LogP contribution in [0.15, 0.2) is 0 Å². The Hall–Kier alpha value is -0.240. The molecule has 0 radical (unpaired) electrons. The Morgan fingerprint density at radius 1 is 0.833 bits per heavy atom. The van der Waals surface area contributed by atoms with Crippen LogP contribution in [0.1, 0.15) is 51.9 Å². The van der Waals surface area contributed by atoms with Gasteiger partial charge in [-0.15, -0.1) is 0 Å². The molecule has 24 heavy (non-hydrogen) atoms. The van der Waals surface area contributed by atoms with Crippen LogP contribution < -0.4 is 0 Å². The molecule has 4 aliphatic rings. The van der Waals surface area contributed by atoms with Crippen LogP contribution in [0.5, 0.6) is 0 Å². The molecule has 0 saturated carbocycles. The average molecular weight is 344 g/mol. The van der Waals surface area contributed by atoms with Gasteiger partial charge in [-0.1, -0.05) is 39.0 Å². The van der Waals surface area contributed by atoms with Crippen LogP contribution in [0, 0.1) is 5.92 Å². The highest BCUT2D eigenvalue weighted by Crippen LogP contribution is 2.37. The van der Waals surface area contributed by atoms with Gasteiger partial charge in [0.2, 0.25) is 0 Å². The summed E-state index contributed by atoms with van der Waals surface area (Å²) in [5.41, 5.74) is 0. The molecule has 7 atom stereocenters. The molecule has 0 aromatic heterocycles. The lowest BCUT2D eigenvalue weighted by Crippen LogP contribution is -2.70. The number of rotatable bonds is 1. The Balaban J connectivity index is 1.60. The third-order valence-electron chi connectivity index (χ3n) is 5.48. The van der Waals surface area contributed by atoms with Crippen LogP contribution >= 0.6 is 0 Å². The van der Waals surface area contributed by atoms with E-state index in [1.807, 2.05) is 0 Å². The zero-order chi connectivity index (χ0) is 16.9. The number of aliphatic hydroxyl groups is 2. The second-order valence-electron chi connectivity index (χ2n) is 7.44. The van der Waals surface area contributed by atoms with Gasteiger partial charge in [0.15, 0.2) is 6.29 Å². The minimum atomic E-state index is -0.782. The van der Waals surface area contributed by atoms with E-state index in [-0.39, 0.29) is 12.7 Å². The third kappa shape index (κ3) is 4.29. The highest BCUT2D eigenvalue weighted by Gasteiger charge is 2.57. The van der Waals surface area contributed by atoms with Crippen molar-refractivity contribution in [2.75, 3.05) is 19.8 Å². The maximum absolute atomic E-state index is 10.5. The first kappa shape index (κ1) is 18.5. The zero-order valence-corrected chi connectivity index (χ0v) is 14.6. The maximum atomic E-state index is 10.5. The number of hydrogen-bond donors (Lipinski definition) is 2. The van der Waals surface area contributed by atoms with E-state index < -0.39 is 30.7 Å². The summed E-state index contributed by atoms with van der Waals surface area (Å²) in [6.45, 7) is 3.31. The first-order chi connectivity index (χ1) is 11.7. The topological polar surface area (TPSA) is 77.4 Å². The normalized spacial score (nSPS) is 45.4. The molecule has 4 rings (SSSR count). The summed E-state index contributed by atoms with van der Waals surface area (Å²) in [4.78, 5) is 0. The molecule has 4 heterocycles. The van der Waals surface area contributed by atoms with Crippen molar-refractivity contribution >= 4 is 0 Å². The van der Waals surface area contributed by atoms with Crippen LogP contribution in [0.4, 0.5) is 0 Å². The maximum Gasteiger partial charge on any atom is 0.186 e. The fraction of sp³-hybridized carbons (Fsp3) is 1.00. The lowest BCUT2D eigenvalue weighted by Gasteiger charge is -2.53. The van der Waals surface area contributed by atoms with Gasteiger partial charge in [-0.05, 0) is 18.8 Å². The summed E-state index contributed by atoms with van der Waals surface area (Å²) in [6.07, 6.45) is 5.08. The van der Waals surface area contributed by atoms with Gasteiger partial charge in [-0.3, -0.25) is 0 Å². The van der Waals surface area contributed by atoms with Crippen molar-refractivity contribution in [3.05, 3.63) is 0 Å². The summed E-state index contributed by atoms with van der Waals surface area (Å²) < 4.78 is 23.2. The molecule has 0 amide bonds. The second-order valence-corrected chi connectivity index (χ2v) is 7.44. The first-order valence-corrected chi connectivity index (χ1v) is 9.53. The zero-order valence-electron chi connectivity index (χ0n) is 14.6. The second kappa shape index (κ2) is 8.92. The summed E-state index contributed by atoms with van der Waals surface area (Å²) in [6, 6.07) is 0. The molecule has 4 fully saturated rings. The van der Waals surface area contributed by atoms with Crippen molar-refractivity contribution in [3.8, 4) is 0 Å². The van der Waals surface area contributed by atoms with E-state index in [0.29, 0.717) is 19.1 Å². The van der Waals surface area contributed by atoms with Crippen LogP contribution in [0.2, 0.25) is 0 Å². The monoisotopic (exact) mass is 344 g/mol. The van der Waals surface area contributed by atoms with Crippen molar-refractivity contribution in [1.29, 1.82) is 0 Å². The molecule has 0 spiro atoms. The lowest BCUT2D eigenvalue weighted by atomic mass is 9.91. The summed E-state index contributed by atoms with van der Waals surface area (Å²) in [7, 11) is 0. The van der Waals surface area contributed by atoms with E-state index in [1.54, 1.807) is 0 Å². The third-order valence-corrected chi connectivity index (χ3v) is 5.48. The lowest BCUT2D eigenvalue weighted by molar-refractivity contribution is -0.396. The van der Waals surface area contributed by atoms with Crippen molar-refractivity contribution in [1.82, 2.24) is 0 Å².